The summed E-state index contributed by atoms with van der Waals surface area (Å²) in [7, 11) is 0. The van der Waals surface area contributed by atoms with Crippen LogP contribution in [0.4, 0.5) is 11.5 Å². The highest BCUT2D eigenvalue weighted by molar-refractivity contribution is 5.94. The molecule has 0 aromatic carbocycles. The molecule has 0 saturated carbocycles. The first-order valence-electron chi connectivity index (χ1n) is 6.50. The first kappa shape index (κ1) is 11.3. The number of fused-ring (bicyclic) bond motifs is 4. The van der Waals surface area contributed by atoms with Crippen molar-refractivity contribution in [3.05, 3.63) is 17.3 Å². The third kappa shape index (κ3) is 1.70. The van der Waals surface area contributed by atoms with Crippen LogP contribution in [0.25, 0.3) is 0 Å². The molecule has 2 bridgehead atoms. The molecule has 1 fully saturated rings. The number of hydrogen-bond donors (Lipinski definition) is 2. The van der Waals surface area contributed by atoms with E-state index in [0.29, 0.717) is 18.3 Å². The molecule has 1 atom stereocenters. The van der Waals surface area contributed by atoms with Gasteiger partial charge in [0.05, 0.1) is 5.69 Å². The SMILES string of the molecule is CCNC(=O)c1cc(C)c2c(n1)NC1CCN2C1. The maximum Gasteiger partial charge on any atom is 0.269 e. The Labute approximate surface area is 107 Å². The zero-order valence-electron chi connectivity index (χ0n) is 10.8. The highest BCUT2D eigenvalue weighted by atomic mass is 16.1. The monoisotopic (exact) mass is 246 g/mol. The van der Waals surface area contributed by atoms with Gasteiger partial charge in [0.2, 0.25) is 0 Å². The zero-order chi connectivity index (χ0) is 12.7. The molecule has 3 rings (SSSR count). The smallest absolute Gasteiger partial charge is 0.269 e. The van der Waals surface area contributed by atoms with Gasteiger partial charge in [0.15, 0.2) is 5.82 Å². The summed E-state index contributed by atoms with van der Waals surface area (Å²) in [5.74, 6) is 0.767. The van der Waals surface area contributed by atoms with Crippen LogP contribution in [-0.2, 0) is 0 Å². The molecule has 0 spiro atoms. The van der Waals surface area contributed by atoms with Gasteiger partial charge in [-0.05, 0) is 31.9 Å². The van der Waals surface area contributed by atoms with Crippen molar-refractivity contribution in [2.75, 3.05) is 29.9 Å². The highest BCUT2D eigenvalue weighted by Crippen LogP contribution is 2.36. The Morgan fingerprint density at radius 2 is 2.50 bits per heavy atom. The Kier molecular flexibility index (Phi) is 2.61. The van der Waals surface area contributed by atoms with Crippen LogP contribution in [0.2, 0.25) is 0 Å². The number of nitrogens with one attached hydrogen (secondary N) is 2. The first-order valence-corrected chi connectivity index (χ1v) is 6.50. The number of nitrogens with zero attached hydrogens (tertiary/aromatic N) is 2. The second-order valence-electron chi connectivity index (χ2n) is 4.96. The van der Waals surface area contributed by atoms with E-state index in [9.17, 15) is 4.79 Å². The summed E-state index contributed by atoms with van der Waals surface area (Å²) in [6.45, 7) is 6.71. The van der Waals surface area contributed by atoms with Crippen LogP contribution in [0.1, 0.15) is 29.4 Å². The van der Waals surface area contributed by atoms with Gasteiger partial charge in [-0.15, -0.1) is 0 Å². The summed E-state index contributed by atoms with van der Waals surface area (Å²) in [6.07, 6.45) is 1.15. The Morgan fingerprint density at radius 1 is 1.67 bits per heavy atom. The molecule has 1 amide bonds. The van der Waals surface area contributed by atoms with Crippen LogP contribution in [0, 0.1) is 6.92 Å². The van der Waals surface area contributed by atoms with E-state index in [1.807, 2.05) is 19.9 Å². The normalized spacial score (nSPS) is 20.3. The summed E-state index contributed by atoms with van der Waals surface area (Å²) in [5, 5.41) is 6.22. The van der Waals surface area contributed by atoms with Gasteiger partial charge in [-0.1, -0.05) is 0 Å². The van der Waals surface area contributed by atoms with Crippen molar-refractivity contribution in [1.82, 2.24) is 10.3 Å². The predicted octanol–water partition coefficient (Wildman–Crippen LogP) is 1.14. The summed E-state index contributed by atoms with van der Waals surface area (Å²) < 4.78 is 0. The van der Waals surface area contributed by atoms with Gasteiger partial charge >= 0.3 is 0 Å². The minimum atomic E-state index is -0.0990. The second-order valence-corrected chi connectivity index (χ2v) is 4.96. The Hall–Kier alpha value is -1.78. The number of aromatic nitrogens is 1. The third-order valence-corrected chi connectivity index (χ3v) is 3.60. The van der Waals surface area contributed by atoms with Gasteiger partial charge in [-0.2, -0.15) is 0 Å². The topological polar surface area (TPSA) is 57.3 Å². The molecule has 1 aromatic heterocycles. The van der Waals surface area contributed by atoms with Crippen molar-refractivity contribution < 1.29 is 4.79 Å². The van der Waals surface area contributed by atoms with Crippen LogP contribution in [0.3, 0.4) is 0 Å². The Morgan fingerprint density at radius 3 is 3.28 bits per heavy atom. The van der Waals surface area contributed by atoms with E-state index in [1.165, 1.54) is 0 Å². The molecule has 5 nitrogen and oxygen atoms in total. The average Bonchev–Trinajstić information content (AvgIpc) is 2.70. The van der Waals surface area contributed by atoms with Crippen molar-refractivity contribution in [1.29, 1.82) is 0 Å². The van der Waals surface area contributed by atoms with Crippen molar-refractivity contribution in [3.8, 4) is 0 Å². The van der Waals surface area contributed by atoms with Crippen LogP contribution in [0.5, 0.6) is 0 Å². The number of carbonyl (C=O) groups excluding carboxylic acids is 1. The fourth-order valence-corrected chi connectivity index (χ4v) is 2.81. The maximum atomic E-state index is 11.8. The molecule has 3 heterocycles. The number of aryl methyl sites for hydroxylation is 1. The van der Waals surface area contributed by atoms with Gasteiger partial charge in [0, 0.05) is 25.7 Å². The molecule has 2 aliphatic rings. The summed E-state index contributed by atoms with van der Waals surface area (Å²) in [5.41, 5.74) is 2.79. The van der Waals surface area contributed by atoms with Crippen molar-refractivity contribution in [2.24, 2.45) is 0 Å². The molecule has 96 valence electrons. The van der Waals surface area contributed by atoms with Gasteiger partial charge in [-0.3, -0.25) is 4.79 Å². The fraction of sp³-hybridized carbons (Fsp3) is 0.538. The van der Waals surface area contributed by atoms with Crippen molar-refractivity contribution >= 4 is 17.4 Å². The molecule has 2 N–H and O–H groups in total. The molecule has 1 saturated heterocycles. The number of carbonyl (C=O) groups is 1. The number of hydrogen-bond acceptors (Lipinski definition) is 4. The lowest BCUT2D eigenvalue weighted by atomic mass is 10.1. The van der Waals surface area contributed by atoms with E-state index in [0.717, 1.165) is 36.6 Å². The quantitative estimate of drug-likeness (QED) is 0.821. The van der Waals surface area contributed by atoms with Gasteiger partial charge in [0.1, 0.15) is 5.69 Å². The van der Waals surface area contributed by atoms with Crippen LogP contribution in [-0.4, -0.2) is 36.6 Å². The van der Waals surface area contributed by atoms with Gasteiger partial charge in [-0.25, -0.2) is 4.98 Å². The molecular weight excluding hydrogens is 228 g/mol. The molecular formula is C13H18N4O. The lowest BCUT2D eigenvalue weighted by Gasteiger charge is -2.29. The molecule has 1 unspecified atom stereocenters. The van der Waals surface area contributed by atoms with Crippen LogP contribution in [0.15, 0.2) is 6.07 Å². The second kappa shape index (κ2) is 4.15. The fourth-order valence-electron chi connectivity index (χ4n) is 2.81. The zero-order valence-corrected chi connectivity index (χ0v) is 10.8. The average molecular weight is 246 g/mol. The molecule has 0 aliphatic carbocycles. The van der Waals surface area contributed by atoms with Crippen molar-refractivity contribution in [3.63, 3.8) is 0 Å². The molecule has 18 heavy (non-hydrogen) atoms. The number of anilines is 2. The Bertz CT molecular complexity index is 500. The lowest BCUT2D eigenvalue weighted by Crippen LogP contribution is -2.34. The molecule has 1 aromatic rings. The molecule has 2 aliphatic heterocycles. The summed E-state index contributed by atoms with van der Waals surface area (Å²) >= 11 is 0. The number of rotatable bonds is 2. The van der Waals surface area contributed by atoms with Crippen LogP contribution >= 0.6 is 0 Å². The predicted molar refractivity (Wildman–Crippen MR) is 71.2 cm³/mol. The molecule has 5 heteroatoms. The van der Waals surface area contributed by atoms with E-state index in [4.69, 9.17) is 0 Å². The largest absolute Gasteiger partial charge is 0.366 e. The lowest BCUT2D eigenvalue weighted by molar-refractivity contribution is 0.0951. The van der Waals surface area contributed by atoms with Gasteiger partial charge < -0.3 is 15.5 Å². The van der Waals surface area contributed by atoms with Crippen LogP contribution < -0.4 is 15.5 Å². The third-order valence-electron chi connectivity index (χ3n) is 3.60. The summed E-state index contributed by atoms with van der Waals surface area (Å²) in [4.78, 5) is 18.7. The minimum Gasteiger partial charge on any atom is -0.366 e. The Balaban J connectivity index is 2.00. The van der Waals surface area contributed by atoms with E-state index >= 15 is 0 Å². The number of amides is 1. The van der Waals surface area contributed by atoms with E-state index < -0.39 is 0 Å². The number of pyridine rings is 1. The van der Waals surface area contributed by atoms with Gasteiger partial charge in [0.25, 0.3) is 5.91 Å². The highest BCUT2D eigenvalue weighted by Gasteiger charge is 2.32. The first-order chi connectivity index (χ1) is 8.69. The summed E-state index contributed by atoms with van der Waals surface area (Å²) in [6, 6.07) is 2.36. The van der Waals surface area contributed by atoms with E-state index in [1.54, 1.807) is 0 Å². The van der Waals surface area contributed by atoms with Crippen molar-refractivity contribution in [2.45, 2.75) is 26.3 Å². The van der Waals surface area contributed by atoms with E-state index in [2.05, 4.69) is 20.5 Å². The minimum absolute atomic E-state index is 0.0990. The van der Waals surface area contributed by atoms with E-state index in [-0.39, 0.29) is 5.91 Å². The molecule has 0 radical (unpaired) electrons. The standard InChI is InChI=1S/C13H18N4O/c1-3-14-13(18)10-6-8(2)11-12(16-10)15-9-4-5-17(11)7-9/h6,9H,3-5,7H2,1-2H3,(H,14,18)(H,15,16). The maximum absolute atomic E-state index is 11.8.